The van der Waals surface area contributed by atoms with Gasteiger partial charge < -0.3 is 4.90 Å². The highest BCUT2D eigenvalue weighted by Crippen LogP contribution is 2.38. The molecule has 0 radical (unpaired) electrons. The Kier molecular flexibility index (Phi) is 2.81. The van der Waals surface area contributed by atoms with E-state index in [2.05, 4.69) is 23.1 Å². The molecule has 0 spiro atoms. The van der Waals surface area contributed by atoms with Crippen molar-refractivity contribution in [1.29, 1.82) is 0 Å². The van der Waals surface area contributed by atoms with Gasteiger partial charge in [-0.1, -0.05) is 0 Å². The average Bonchev–Trinajstić information content (AvgIpc) is 2.95. The van der Waals surface area contributed by atoms with Gasteiger partial charge in [0.05, 0.1) is 6.20 Å². The maximum Gasteiger partial charge on any atom is 0.123 e. The summed E-state index contributed by atoms with van der Waals surface area (Å²) in [6, 6.07) is 4.12. The van der Waals surface area contributed by atoms with Gasteiger partial charge in [0.25, 0.3) is 0 Å². The zero-order chi connectivity index (χ0) is 13.6. The predicted molar refractivity (Wildman–Crippen MR) is 75.1 cm³/mol. The summed E-state index contributed by atoms with van der Waals surface area (Å²) in [4.78, 5) is 2.19. The second-order valence-electron chi connectivity index (χ2n) is 5.26. The third kappa shape index (κ3) is 2.01. The topological polar surface area (TPSA) is 21.1 Å². The molecule has 0 bridgehead atoms. The summed E-state index contributed by atoms with van der Waals surface area (Å²) in [6.07, 6.45) is 3.79. The first kappa shape index (κ1) is 12.2. The van der Waals surface area contributed by atoms with Gasteiger partial charge in [-0.2, -0.15) is 5.10 Å². The summed E-state index contributed by atoms with van der Waals surface area (Å²) in [5, 5.41) is 4.19. The smallest absolute Gasteiger partial charge is 0.123 e. The van der Waals surface area contributed by atoms with Crippen LogP contribution in [0.5, 0.6) is 0 Å². The Bertz CT molecular complexity index is 616. The Labute approximate surface area is 112 Å². The Balaban J connectivity index is 2.18. The number of likely N-dealkylation sites (N-methyl/N-ethyl adjacent to an activating group) is 1. The summed E-state index contributed by atoms with van der Waals surface area (Å²) in [7, 11) is 3.94. The molecule has 1 aliphatic heterocycles. The van der Waals surface area contributed by atoms with E-state index in [4.69, 9.17) is 0 Å². The zero-order valence-electron chi connectivity index (χ0n) is 11.5. The first-order chi connectivity index (χ1) is 9.06. The normalized spacial score (nSPS) is 15.7. The van der Waals surface area contributed by atoms with Crippen molar-refractivity contribution in [2.75, 3.05) is 18.5 Å². The fourth-order valence-corrected chi connectivity index (χ4v) is 2.75. The Morgan fingerprint density at radius 1 is 1.32 bits per heavy atom. The first-order valence-corrected chi connectivity index (χ1v) is 6.57. The first-order valence-electron chi connectivity index (χ1n) is 6.57. The number of aromatic nitrogens is 2. The van der Waals surface area contributed by atoms with Crippen molar-refractivity contribution in [3.05, 3.63) is 35.7 Å². The van der Waals surface area contributed by atoms with Gasteiger partial charge in [0, 0.05) is 38.1 Å². The molecule has 19 heavy (non-hydrogen) atoms. The van der Waals surface area contributed by atoms with E-state index in [0.29, 0.717) is 0 Å². The van der Waals surface area contributed by atoms with Gasteiger partial charge in [0.15, 0.2) is 0 Å². The second-order valence-corrected chi connectivity index (χ2v) is 5.26. The van der Waals surface area contributed by atoms with Gasteiger partial charge in [-0.3, -0.25) is 4.68 Å². The maximum atomic E-state index is 13.9. The molecule has 3 rings (SSSR count). The van der Waals surface area contributed by atoms with Gasteiger partial charge in [0.2, 0.25) is 0 Å². The molecule has 1 aromatic heterocycles. The number of fused-ring (bicyclic) bond motifs is 1. The van der Waals surface area contributed by atoms with Crippen molar-refractivity contribution >= 4 is 5.69 Å². The number of hydrogen-bond acceptors (Lipinski definition) is 2. The summed E-state index contributed by atoms with van der Waals surface area (Å²) in [5.74, 6) is 0. The van der Waals surface area contributed by atoms with Gasteiger partial charge >= 0.3 is 0 Å². The molecule has 1 aliphatic rings. The quantitative estimate of drug-likeness (QED) is 0.826. The summed E-state index contributed by atoms with van der Waals surface area (Å²) < 4.78 is 15.7. The van der Waals surface area contributed by atoms with Crippen LogP contribution in [0.1, 0.15) is 24.2 Å². The molecule has 1 unspecified atom stereocenters. The van der Waals surface area contributed by atoms with E-state index < -0.39 is 6.17 Å². The minimum atomic E-state index is -0.977. The van der Waals surface area contributed by atoms with Crippen LogP contribution in [0.15, 0.2) is 24.5 Å². The minimum Gasteiger partial charge on any atom is -0.374 e. The Hall–Kier alpha value is -1.84. The summed E-state index contributed by atoms with van der Waals surface area (Å²) >= 11 is 0. The number of hydrogen-bond donors (Lipinski definition) is 0. The van der Waals surface area contributed by atoms with Crippen LogP contribution in [-0.2, 0) is 13.5 Å². The van der Waals surface area contributed by atoms with Crippen LogP contribution in [0.4, 0.5) is 10.1 Å². The largest absolute Gasteiger partial charge is 0.374 e. The van der Waals surface area contributed by atoms with Crippen molar-refractivity contribution in [2.45, 2.75) is 19.5 Å². The SMILES string of the molecule is CC(F)c1cc2c(cc1-c1cnn(C)c1)CCN2C. The van der Waals surface area contributed by atoms with Crippen LogP contribution >= 0.6 is 0 Å². The van der Waals surface area contributed by atoms with Crippen molar-refractivity contribution in [3.63, 3.8) is 0 Å². The number of alkyl halides is 1. The Morgan fingerprint density at radius 3 is 2.74 bits per heavy atom. The van der Waals surface area contributed by atoms with E-state index in [1.54, 1.807) is 17.8 Å². The second kappa shape index (κ2) is 4.37. The fraction of sp³-hybridized carbons (Fsp3) is 0.400. The van der Waals surface area contributed by atoms with Gasteiger partial charge in [-0.15, -0.1) is 0 Å². The third-order valence-corrected chi connectivity index (χ3v) is 3.82. The van der Waals surface area contributed by atoms with Gasteiger partial charge in [-0.25, -0.2) is 4.39 Å². The lowest BCUT2D eigenvalue weighted by Gasteiger charge is -2.16. The molecular formula is C15H18FN3. The van der Waals surface area contributed by atoms with Crippen LogP contribution in [0.25, 0.3) is 11.1 Å². The standard InChI is InChI=1S/C15H18FN3/c1-10(16)13-7-15-11(4-5-18(15)2)6-14(13)12-8-17-19(3)9-12/h6-10H,4-5H2,1-3H3. The van der Waals surface area contributed by atoms with E-state index in [1.165, 1.54) is 5.56 Å². The average molecular weight is 259 g/mol. The van der Waals surface area contributed by atoms with Crippen molar-refractivity contribution in [1.82, 2.24) is 9.78 Å². The van der Waals surface area contributed by atoms with Crippen molar-refractivity contribution < 1.29 is 4.39 Å². The molecular weight excluding hydrogens is 241 g/mol. The van der Waals surface area contributed by atoms with Crippen LogP contribution in [-0.4, -0.2) is 23.4 Å². The lowest BCUT2D eigenvalue weighted by molar-refractivity contribution is 0.375. The lowest BCUT2D eigenvalue weighted by atomic mass is 9.95. The van der Waals surface area contributed by atoms with Crippen LogP contribution in [0.3, 0.4) is 0 Å². The number of aryl methyl sites for hydroxylation is 1. The number of rotatable bonds is 2. The molecule has 0 amide bonds. The lowest BCUT2D eigenvalue weighted by Crippen LogP contribution is -2.12. The molecule has 2 aromatic rings. The van der Waals surface area contributed by atoms with E-state index >= 15 is 0 Å². The van der Waals surface area contributed by atoms with E-state index in [-0.39, 0.29) is 0 Å². The molecule has 1 atom stereocenters. The highest BCUT2D eigenvalue weighted by Gasteiger charge is 2.21. The molecule has 3 nitrogen and oxygen atoms in total. The van der Waals surface area contributed by atoms with Gasteiger partial charge in [0.1, 0.15) is 6.17 Å². The number of halogens is 1. The molecule has 0 saturated carbocycles. The number of anilines is 1. The monoisotopic (exact) mass is 259 g/mol. The third-order valence-electron chi connectivity index (χ3n) is 3.82. The van der Waals surface area contributed by atoms with E-state index in [0.717, 1.165) is 35.3 Å². The van der Waals surface area contributed by atoms with Gasteiger partial charge in [-0.05, 0) is 42.2 Å². The van der Waals surface area contributed by atoms with Crippen LogP contribution in [0.2, 0.25) is 0 Å². The molecule has 0 N–H and O–H groups in total. The number of nitrogens with zero attached hydrogens (tertiary/aromatic N) is 3. The van der Waals surface area contributed by atoms with Crippen LogP contribution in [0, 0.1) is 0 Å². The molecule has 100 valence electrons. The molecule has 0 fully saturated rings. The maximum absolute atomic E-state index is 13.9. The predicted octanol–water partition coefficient (Wildman–Crippen LogP) is 3.11. The highest BCUT2D eigenvalue weighted by atomic mass is 19.1. The van der Waals surface area contributed by atoms with Crippen molar-refractivity contribution in [3.8, 4) is 11.1 Å². The Morgan fingerprint density at radius 2 is 2.11 bits per heavy atom. The van der Waals surface area contributed by atoms with Crippen molar-refractivity contribution in [2.24, 2.45) is 7.05 Å². The number of benzene rings is 1. The molecule has 0 saturated heterocycles. The summed E-state index contributed by atoms with van der Waals surface area (Å²) in [5.41, 5.74) is 5.16. The summed E-state index contributed by atoms with van der Waals surface area (Å²) in [6.45, 7) is 2.60. The van der Waals surface area contributed by atoms with E-state index in [9.17, 15) is 4.39 Å². The zero-order valence-corrected chi connectivity index (χ0v) is 11.5. The highest BCUT2D eigenvalue weighted by molar-refractivity contribution is 5.74. The molecule has 2 heterocycles. The fourth-order valence-electron chi connectivity index (χ4n) is 2.75. The molecule has 4 heteroatoms. The molecule has 0 aliphatic carbocycles. The minimum absolute atomic E-state index is 0.750. The molecule has 1 aromatic carbocycles. The van der Waals surface area contributed by atoms with Crippen LogP contribution < -0.4 is 4.90 Å². The van der Waals surface area contributed by atoms with E-state index in [1.807, 2.05) is 19.3 Å².